The zero-order valence-electron chi connectivity index (χ0n) is 12.9. The van der Waals surface area contributed by atoms with Crippen molar-refractivity contribution in [3.8, 4) is 0 Å². The second-order valence-electron chi connectivity index (χ2n) is 5.42. The van der Waals surface area contributed by atoms with Gasteiger partial charge in [0.2, 0.25) is 0 Å². The highest BCUT2D eigenvalue weighted by Crippen LogP contribution is 2.37. The average Bonchev–Trinajstić information content (AvgIpc) is 2.93. The van der Waals surface area contributed by atoms with Crippen LogP contribution in [0.4, 0.5) is 13.2 Å². The van der Waals surface area contributed by atoms with Crippen LogP contribution in [-0.4, -0.2) is 46.2 Å². The van der Waals surface area contributed by atoms with Crippen molar-refractivity contribution in [2.24, 2.45) is 5.11 Å². The van der Waals surface area contributed by atoms with Gasteiger partial charge in [-0.25, -0.2) is 13.2 Å². The molecule has 4 atom stereocenters. The molecule has 2 rings (SSSR count). The lowest BCUT2D eigenvalue weighted by Crippen LogP contribution is -2.45. The molecule has 0 aromatic carbocycles. The number of aromatic amines is 1. The van der Waals surface area contributed by atoms with Crippen LogP contribution in [0.3, 0.4) is 0 Å². The predicted molar refractivity (Wildman–Crippen MR) is 78.5 cm³/mol. The van der Waals surface area contributed by atoms with Crippen molar-refractivity contribution in [1.82, 2.24) is 9.55 Å². The number of azide groups is 1. The summed E-state index contributed by atoms with van der Waals surface area (Å²) in [5.74, 6) is 0. The topological polar surface area (TPSA) is 167 Å². The van der Waals surface area contributed by atoms with Crippen LogP contribution in [0.5, 0.6) is 0 Å². The van der Waals surface area contributed by atoms with E-state index in [0.29, 0.717) is 0 Å². The quantitative estimate of drug-likeness (QED) is 0.412. The van der Waals surface area contributed by atoms with E-state index in [-0.39, 0.29) is 5.56 Å². The highest BCUT2D eigenvalue weighted by Gasteiger charge is 2.56. The molecular weight excluding hydrogens is 387 g/mol. The van der Waals surface area contributed by atoms with Gasteiger partial charge in [0.05, 0.1) is 6.04 Å². The summed E-state index contributed by atoms with van der Waals surface area (Å²) >= 11 is 0. The fraction of sp³-hybridized carbons (Fsp3) is 0.636. The van der Waals surface area contributed by atoms with E-state index in [1.807, 2.05) is 4.98 Å². The molecule has 0 amide bonds. The van der Waals surface area contributed by atoms with Gasteiger partial charge in [-0.05, 0) is 12.5 Å². The number of aliphatic hydroxyl groups is 1. The molecule has 1 aliphatic rings. The first-order chi connectivity index (χ1) is 11.9. The van der Waals surface area contributed by atoms with Crippen LogP contribution in [-0.2, 0) is 14.6 Å². The normalized spacial score (nSPS) is 24.9. The summed E-state index contributed by atoms with van der Waals surface area (Å²) in [7, 11) is -6.04. The van der Waals surface area contributed by atoms with Gasteiger partial charge in [-0.2, -0.15) is 13.2 Å². The number of aliphatic hydroxyl groups excluding tert-OH is 1. The molecule has 1 aromatic rings. The second kappa shape index (κ2) is 6.75. The smallest absolute Gasteiger partial charge is 0.375 e. The summed E-state index contributed by atoms with van der Waals surface area (Å²) in [6, 6.07) is -1.50. The van der Waals surface area contributed by atoms with Crippen LogP contribution in [0.1, 0.15) is 18.2 Å². The first kappa shape index (κ1) is 20.0. The standard InChI is InChI=1S/C11H12F3N5O6S/c1-4-3-19(10(22)16-8(4)20)6-2-5(17-18-15)7(25-6)9(21)26(23,24)11(12,13)14/h3,5-7,9,21H,2H2,1H3,(H,16,20,22)/t5-,6+,7-,9?/m0/s1. The molecule has 0 saturated carbocycles. The number of alkyl halides is 3. The molecule has 1 saturated heterocycles. The zero-order chi connectivity index (χ0) is 19.9. The Bertz CT molecular complexity index is 964. The second-order valence-corrected chi connectivity index (χ2v) is 7.46. The fourth-order valence-corrected chi connectivity index (χ4v) is 3.27. The van der Waals surface area contributed by atoms with Crippen LogP contribution < -0.4 is 11.2 Å². The van der Waals surface area contributed by atoms with Crippen LogP contribution in [0.2, 0.25) is 0 Å². The van der Waals surface area contributed by atoms with Gasteiger partial charge in [-0.3, -0.25) is 14.3 Å². The van der Waals surface area contributed by atoms with Crippen molar-refractivity contribution in [2.45, 2.75) is 42.7 Å². The first-order valence-electron chi connectivity index (χ1n) is 6.90. The Morgan fingerprint density at radius 3 is 2.65 bits per heavy atom. The summed E-state index contributed by atoms with van der Waals surface area (Å²) in [5.41, 5.74) is -1.92. The average molecular weight is 399 g/mol. The van der Waals surface area contributed by atoms with Gasteiger partial charge in [0.1, 0.15) is 12.3 Å². The van der Waals surface area contributed by atoms with E-state index in [1.54, 1.807) is 0 Å². The van der Waals surface area contributed by atoms with Crippen molar-refractivity contribution in [3.63, 3.8) is 0 Å². The number of nitrogens with zero attached hydrogens (tertiary/aromatic N) is 4. The Labute approximate surface area is 142 Å². The molecule has 26 heavy (non-hydrogen) atoms. The Balaban J connectivity index is 2.44. The molecule has 2 heterocycles. The maximum atomic E-state index is 12.6. The first-order valence-corrected chi connectivity index (χ1v) is 8.44. The predicted octanol–water partition coefficient (Wildman–Crippen LogP) is 0.0644. The number of hydrogen-bond acceptors (Lipinski definition) is 7. The van der Waals surface area contributed by atoms with Gasteiger partial charge in [0.15, 0.2) is 5.44 Å². The molecule has 144 valence electrons. The number of rotatable bonds is 4. The van der Waals surface area contributed by atoms with Crippen molar-refractivity contribution in [2.75, 3.05) is 0 Å². The minimum Gasteiger partial charge on any atom is -0.375 e. The highest BCUT2D eigenvalue weighted by molar-refractivity contribution is 7.92. The van der Waals surface area contributed by atoms with Crippen molar-refractivity contribution < 1.29 is 31.4 Å². The van der Waals surface area contributed by atoms with Crippen molar-refractivity contribution >= 4 is 9.84 Å². The van der Waals surface area contributed by atoms with E-state index >= 15 is 0 Å². The molecule has 0 aliphatic carbocycles. The third kappa shape index (κ3) is 3.46. The maximum Gasteiger partial charge on any atom is 0.500 e. The summed E-state index contributed by atoms with van der Waals surface area (Å²) < 4.78 is 66.5. The van der Waals surface area contributed by atoms with Crippen LogP contribution in [0, 0.1) is 6.92 Å². The van der Waals surface area contributed by atoms with Gasteiger partial charge in [0.25, 0.3) is 15.4 Å². The lowest BCUT2D eigenvalue weighted by molar-refractivity contribution is -0.0653. The van der Waals surface area contributed by atoms with Crippen LogP contribution in [0.25, 0.3) is 10.4 Å². The summed E-state index contributed by atoms with van der Waals surface area (Å²) in [5, 5.41) is 12.8. The Hall–Kier alpha value is -2.35. The molecule has 15 heteroatoms. The van der Waals surface area contributed by atoms with Gasteiger partial charge < -0.3 is 9.84 Å². The van der Waals surface area contributed by atoms with E-state index < -0.39 is 56.8 Å². The Kier molecular flexibility index (Phi) is 5.19. The van der Waals surface area contributed by atoms with E-state index in [0.717, 1.165) is 10.8 Å². The van der Waals surface area contributed by atoms with Crippen LogP contribution >= 0.6 is 0 Å². The lowest BCUT2D eigenvalue weighted by Gasteiger charge is -2.22. The molecule has 2 N–H and O–H groups in total. The number of H-pyrrole nitrogens is 1. The molecule has 0 radical (unpaired) electrons. The summed E-state index contributed by atoms with van der Waals surface area (Å²) in [6.45, 7) is 1.34. The number of hydrogen-bond donors (Lipinski definition) is 2. The molecule has 11 nitrogen and oxygen atoms in total. The molecule has 0 bridgehead atoms. The third-order valence-corrected chi connectivity index (χ3v) is 5.26. The van der Waals surface area contributed by atoms with Crippen molar-refractivity contribution in [1.29, 1.82) is 0 Å². The maximum absolute atomic E-state index is 12.6. The minimum atomic E-state index is -6.04. The molecule has 1 aliphatic heterocycles. The van der Waals surface area contributed by atoms with Gasteiger partial charge in [-0.1, -0.05) is 5.11 Å². The van der Waals surface area contributed by atoms with Crippen LogP contribution in [0.15, 0.2) is 20.9 Å². The monoisotopic (exact) mass is 399 g/mol. The number of halogens is 3. The molecule has 0 spiro atoms. The van der Waals surface area contributed by atoms with Crippen molar-refractivity contribution in [3.05, 3.63) is 43.0 Å². The van der Waals surface area contributed by atoms with E-state index in [1.165, 1.54) is 6.92 Å². The SMILES string of the molecule is Cc1cn([C@H]2C[C@H](N=[N+]=[N-])[C@@H](C(O)S(=O)(=O)C(F)(F)F)O2)c(=O)[nH]c1=O. The summed E-state index contributed by atoms with van der Waals surface area (Å²) in [4.78, 5) is 27.5. The minimum absolute atomic E-state index is 0.0699. The number of sulfone groups is 1. The number of nitrogens with one attached hydrogen (secondary N) is 1. The zero-order valence-corrected chi connectivity index (χ0v) is 13.7. The van der Waals surface area contributed by atoms with E-state index in [9.17, 15) is 36.3 Å². The summed E-state index contributed by atoms with van der Waals surface area (Å²) in [6.07, 6.45) is -2.78. The Morgan fingerprint density at radius 1 is 1.50 bits per heavy atom. The third-order valence-electron chi connectivity index (χ3n) is 3.71. The number of ether oxygens (including phenoxy) is 1. The largest absolute Gasteiger partial charge is 0.500 e. The molecule has 1 aromatic heterocycles. The Morgan fingerprint density at radius 2 is 2.12 bits per heavy atom. The number of aromatic nitrogens is 2. The molecule has 1 unspecified atom stereocenters. The highest BCUT2D eigenvalue weighted by atomic mass is 32.2. The molecule has 1 fully saturated rings. The lowest BCUT2D eigenvalue weighted by atomic mass is 10.1. The van der Waals surface area contributed by atoms with Gasteiger partial charge >= 0.3 is 11.2 Å². The molecular formula is C11H12F3N5O6S. The van der Waals surface area contributed by atoms with E-state index in [2.05, 4.69) is 10.0 Å². The number of aryl methyl sites for hydroxylation is 1. The van der Waals surface area contributed by atoms with E-state index in [4.69, 9.17) is 10.3 Å². The van der Waals surface area contributed by atoms with Gasteiger partial charge in [0, 0.05) is 23.1 Å². The fourth-order valence-electron chi connectivity index (χ4n) is 2.40. The van der Waals surface area contributed by atoms with Gasteiger partial charge in [-0.15, -0.1) is 0 Å².